The molecule has 7 nitrogen and oxygen atoms in total. The number of Topliss-reactive ketones (excluding diaryl/α,β-unsaturated/α-hetero) is 1. The van der Waals surface area contributed by atoms with Crippen molar-refractivity contribution in [3.63, 3.8) is 0 Å². The molecule has 1 aliphatic heterocycles. The number of hydrogen-bond acceptors (Lipinski definition) is 6. The second-order valence-electron chi connectivity index (χ2n) is 10.3. The molecule has 39 heavy (non-hydrogen) atoms. The van der Waals surface area contributed by atoms with Gasteiger partial charge < -0.3 is 19.5 Å². The van der Waals surface area contributed by atoms with E-state index in [2.05, 4.69) is 0 Å². The maximum atomic E-state index is 13.7. The number of aryl methyl sites for hydroxylation is 1. The van der Waals surface area contributed by atoms with Crippen molar-refractivity contribution >= 4 is 29.6 Å². The van der Waals surface area contributed by atoms with Gasteiger partial charge in [0.25, 0.3) is 0 Å². The molecule has 8 heteroatoms. The fourth-order valence-corrected chi connectivity index (χ4v) is 5.13. The van der Waals surface area contributed by atoms with E-state index in [-0.39, 0.29) is 18.2 Å². The molecule has 0 saturated carbocycles. The van der Waals surface area contributed by atoms with Crippen LogP contribution < -0.4 is 9.47 Å². The lowest BCUT2D eigenvalue weighted by atomic mass is 9.84. The van der Waals surface area contributed by atoms with Crippen LogP contribution in [-0.2, 0) is 11.2 Å². The summed E-state index contributed by atoms with van der Waals surface area (Å²) in [6.07, 6.45) is 2.08. The summed E-state index contributed by atoms with van der Waals surface area (Å²) in [6.45, 7) is 5.53. The topological polar surface area (TPSA) is 93.1 Å². The smallest absolute Gasteiger partial charge is 0.415 e. The Hall–Kier alpha value is -3.78. The highest BCUT2D eigenvalue weighted by atomic mass is 32.2. The number of carboxylic acids is 1. The summed E-state index contributed by atoms with van der Waals surface area (Å²) in [5.41, 5.74) is 1.04. The van der Waals surface area contributed by atoms with Crippen LogP contribution in [0.15, 0.2) is 77.7 Å². The van der Waals surface area contributed by atoms with E-state index in [0.717, 1.165) is 16.0 Å². The second-order valence-corrected chi connectivity index (χ2v) is 11.1. The van der Waals surface area contributed by atoms with Crippen molar-refractivity contribution in [2.24, 2.45) is 11.8 Å². The number of aliphatic carboxylic acids is 1. The minimum Gasteiger partial charge on any atom is -0.478 e. The minimum atomic E-state index is -1.36. The van der Waals surface area contributed by atoms with Crippen LogP contribution in [0.2, 0.25) is 0 Å². The van der Waals surface area contributed by atoms with Gasteiger partial charge in [0.15, 0.2) is 11.4 Å². The Morgan fingerprint density at radius 3 is 2.31 bits per heavy atom. The number of likely N-dealkylation sites (tertiary alicyclic amines) is 1. The number of carbonyl (C=O) groups excluding carboxylic acids is 2. The van der Waals surface area contributed by atoms with Gasteiger partial charge in [-0.1, -0.05) is 42.5 Å². The van der Waals surface area contributed by atoms with Crippen molar-refractivity contribution < 1.29 is 29.0 Å². The summed E-state index contributed by atoms with van der Waals surface area (Å²) >= 11 is 1.61. The minimum absolute atomic E-state index is 0.00236. The number of rotatable bonds is 9. The Bertz CT molecular complexity index is 1340. The molecule has 3 aromatic carbocycles. The fourth-order valence-electron chi connectivity index (χ4n) is 4.72. The zero-order chi connectivity index (χ0) is 28.2. The quantitative estimate of drug-likeness (QED) is 0.254. The SMILES string of the molecule is CSc1ccc(C(=O)C2CN(C(=O)Oc3ccccc3)C[C@@H]2Cc2ccc(OC(C)(C)C(=O)O)c(C)c2)cc1. The zero-order valence-electron chi connectivity index (χ0n) is 22.5. The van der Waals surface area contributed by atoms with E-state index in [9.17, 15) is 19.5 Å². The molecule has 0 aromatic heterocycles. The van der Waals surface area contributed by atoms with Gasteiger partial charge in [-0.15, -0.1) is 11.8 Å². The van der Waals surface area contributed by atoms with Crippen molar-refractivity contribution in [1.29, 1.82) is 0 Å². The molecule has 4 rings (SSSR count). The highest BCUT2D eigenvalue weighted by molar-refractivity contribution is 7.98. The molecule has 1 unspecified atom stereocenters. The number of carboxylic acid groups (broad SMARTS) is 1. The third kappa shape index (κ3) is 6.81. The van der Waals surface area contributed by atoms with Gasteiger partial charge in [-0.25, -0.2) is 9.59 Å². The first-order valence-corrected chi connectivity index (χ1v) is 14.0. The van der Waals surface area contributed by atoms with E-state index in [1.807, 2.05) is 55.6 Å². The second kappa shape index (κ2) is 11.9. The van der Waals surface area contributed by atoms with Gasteiger partial charge >= 0.3 is 12.1 Å². The van der Waals surface area contributed by atoms with Gasteiger partial charge in [0.1, 0.15) is 11.5 Å². The predicted octanol–water partition coefficient (Wildman–Crippen LogP) is 6.13. The summed E-state index contributed by atoms with van der Waals surface area (Å²) in [7, 11) is 0. The van der Waals surface area contributed by atoms with E-state index in [1.165, 1.54) is 13.8 Å². The summed E-state index contributed by atoms with van der Waals surface area (Å²) in [6, 6.07) is 22.1. The molecule has 0 bridgehead atoms. The molecule has 1 saturated heterocycles. The monoisotopic (exact) mass is 547 g/mol. The van der Waals surface area contributed by atoms with Gasteiger partial charge in [0.2, 0.25) is 0 Å². The Kier molecular flexibility index (Phi) is 8.65. The van der Waals surface area contributed by atoms with Crippen LogP contribution in [0, 0.1) is 18.8 Å². The average Bonchev–Trinajstić information content (AvgIpc) is 3.34. The van der Waals surface area contributed by atoms with Crippen molar-refractivity contribution in [2.75, 3.05) is 19.3 Å². The van der Waals surface area contributed by atoms with Gasteiger partial charge in [-0.3, -0.25) is 4.79 Å². The molecule has 1 heterocycles. The molecule has 3 aromatic rings. The molecule has 1 fully saturated rings. The molecule has 1 N–H and O–H groups in total. The number of para-hydroxylation sites is 1. The lowest BCUT2D eigenvalue weighted by Gasteiger charge is -2.23. The summed E-state index contributed by atoms with van der Waals surface area (Å²) in [5, 5.41) is 9.40. The van der Waals surface area contributed by atoms with E-state index >= 15 is 0 Å². The Morgan fingerprint density at radius 2 is 1.69 bits per heavy atom. The summed E-state index contributed by atoms with van der Waals surface area (Å²) in [5.74, 6) is -0.615. The van der Waals surface area contributed by atoms with Crippen LogP contribution in [0.1, 0.15) is 35.3 Å². The van der Waals surface area contributed by atoms with Gasteiger partial charge in [-0.05, 0) is 80.8 Å². The highest BCUT2D eigenvalue weighted by Crippen LogP contribution is 2.33. The van der Waals surface area contributed by atoms with Crippen LogP contribution in [0.4, 0.5) is 4.79 Å². The van der Waals surface area contributed by atoms with Gasteiger partial charge in [-0.2, -0.15) is 0 Å². The van der Waals surface area contributed by atoms with E-state index < -0.39 is 23.6 Å². The number of nitrogens with zero attached hydrogens (tertiary/aromatic N) is 1. The molecule has 204 valence electrons. The number of ether oxygens (including phenoxy) is 2. The number of benzene rings is 3. The molecule has 0 aliphatic carbocycles. The predicted molar refractivity (Wildman–Crippen MR) is 151 cm³/mol. The third-order valence-electron chi connectivity index (χ3n) is 6.98. The number of thioether (sulfide) groups is 1. The number of amides is 1. The van der Waals surface area contributed by atoms with E-state index in [1.54, 1.807) is 47.0 Å². The molecular formula is C31H33NO6S. The molecule has 0 radical (unpaired) electrons. The van der Waals surface area contributed by atoms with E-state index in [0.29, 0.717) is 30.0 Å². The van der Waals surface area contributed by atoms with Gasteiger partial charge in [0.05, 0.1) is 0 Å². The van der Waals surface area contributed by atoms with Crippen LogP contribution >= 0.6 is 11.8 Å². The Labute approximate surface area is 233 Å². The summed E-state index contributed by atoms with van der Waals surface area (Å²) < 4.78 is 11.3. The first-order chi connectivity index (χ1) is 18.6. The van der Waals surface area contributed by atoms with Crippen molar-refractivity contribution in [3.8, 4) is 11.5 Å². The van der Waals surface area contributed by atoms with Crippen molar-refractivity contribution in [1.82, 2.24) is 4.90 Å². The lowest BCUT2D eigenvalue weighted by molar-refractivity contribution is -0.152. The first kappa shape index (κ1) is 28.2. The van der Waals surface area contributed by atoms with Crippen LogP contribution in [0.25, 0.3) is 0 Å². The lowest BCUT2D eigenvalue weighted by Crippen LogP contribution is -2.38. The zero-order valence-corrected chi connectivity index (χ0v) is 23.4. The van der Waals surface area contributed by atoms with Crippen LogP contribution in [-0.4, -0.2) is 52.8 Å². The van der Waals surface area contributed by atoms with Gasteiger partial charge in [0, 0.05) is 29.5 Å². The Balaban J connectivity index is 1.55. The maximum absolute atomic E-state index is 13.7. The molecule has 1 aliphatic rings. The fraction of sp³-hybridized carbons (Fsp3) is 0.323. The normalized spacial score (nSPS) is 17.1. The highest BCUT2D eigenvalue weighted by Gasteiger charge is 2.40. The van der Waals surface area contributed by atoms with Crippen LogP contribution in [0.3, 0.4) is 0 Å². The third-order valence-corrected chi connectivity index (χ3v) is 7.72. The van der Waals surface area contributed by atoms with E-state index in [4.69, 9.17) is 9.47 Å². The number of carbonyl (C=O) groups is 3. The molecule has 0 spiro atoms. The standard InChI is InChI=1S/C31H33NO6S/c1-20-16-21(10-15-27(20)38-31(2,3)29(34)35)17-23-18-32(30(36)37-24-8-6-5-7-9-24)19-26(23)28(33)22-11-13-25(39-4)14-12-22/h5-16,23,26H,17-19H2,1-4H3,(H,34,35)/t23-,26?/m0/s1. The molecular weight excluding hydrogens is 514 g/mol. The maximum Gasteiger partial charge on any atom is 0.415 e. The number of ketones is 1. The Morgan fingerprint density at radius 1 is 1.00 bits per heavy atom. The first-order valence-electron chi connectivity index (χ1n) is 12.8. The molecule has 2 atom stereocenters. The number of hydrogen-bond donors (Lipinski definition) is 1. The average molecular weight is 548 g/mol. The molecule has 1 amide bonds. The van der Waals surface area contributed by atoms with Crippen molar-refractivity contribution in [3.05, 3.63) is 89.5 Å². The largest absolute Gasteiger partial charge is 0.478 e. The van der Waals surface area contributed by atoms with Crippen molar-refractivity contribution in [2.45, 2.75) is 37.7 Å². The van der Waals surface area contributed by atoms with Crippen LogP contribution in [0.5, 0.6) is 11.5 Å². The summed E-state index contributed by atoms with van der Waals surface area (Å²) in [4.78, 5) is 40.8.